The van der Waals surface area contributed by atoms with Gasteiger partial charge >= 0.3 is 0 Å². The average molecular weight is 284 g/mol. The van der Waals surface area contributed by atoms with Crippen molar-refractivity contribution in [2.45, 2.75) is 6.92 Å². The molecule has 0 aliphatic rings. The second-order valence-electron chi connectivity index (χ2n) is 4.67. The Labute approximate surface area is 125 Å². The highest BCUT2D eigenvalue weighted by atomic mass is 16.5. The van der Waals surface area contributed by atoms with E-state index < -0.39 is 0 Å². The third kappa shape index (κ3) is 4.24. The maximum Gasteiger partial charge on any atom is 0.243 e. The van der Waals surface area contributed by atoms with Gasteiger partial charge in [-0.05, 0) is 31.2 Å². The molecule has 2 aromatic carbocycles. The van der Waals surface area contributed by atoms with Crippen LogP contribution in [0.3, 0.4) is 0 Å². The molecule has 0 spiro atoms. The van der Waals surface area contributed by atoms with Crippen LogP contribution in [0.1, 0.15) is 6.92 Å². The van der Waals surface area contributed by atoms with Crippen LogP contribution in [0.15, 0.2) is 54.6 Å². The molecule has 4 heteroatoms. The first-order chi connectivity index (χ1) is 10.2. The summed E-state index contributed by atoms with van der Waals surface area (Å²) in [6.07, 6.45) is 0. The zero-order valence-electron chi connectivity index (χ0n) is 12.4. The Morgan fingerprint density at radius 2 is 1.76 bits per heavy atom. The summed E-state index contributed by atoms with van der Waals surface area (Å²) >= 11 is 0. The second kappa shape index (κ2) is 7.33. The third-order valence-electron chi connectivity index (χ3n) is 3.04. The van der Waals surface area contributed by atoms with Crippen molar-refractivity contribution >= 4 is 17.3 Å². The fourth-order valence-corrected chi connectivity index (χ4v) is 2.03. The number of anilines is 2. The quantitative estimate of drug-likeness (QED) is 0.886. The SMILES string of the molecule is CCOc1ccccc1NC(=O)CN(C)c1ccccc1. The van der Waals surface area contributed by atoms with Gasteiger partial charge in [0.05, 0.1) is 18.8 Å². The van der Waals surface area contributed by atoms with E-state index in [1.165, 1.54) is 0 Å². The van der Waals surface area contributed by atoms with Gasteiger partial charge in [0.15, 0.2) is 0 Å². The molecule has 0 aromatic heterocycles. The number of hydrogen-bond donors (Lipinski definition) is 1. The number of nitrogens with one attached hydrogen (secondary N) is 1. The van der Waals surface area contributed by atoms with Crippen molar-refractivity contribution in [3.8, 4) is 5.75 Å². The van der Waals surface area contributed by atoms with Crippen molar-refractivity contribution in [1.29, 1.82) is 0 Å². The molecule has 21 heavy (non-hydrogen) atoms. The number of rotatable bonds is 6. The summed E-state index contributed by atoms with van der Waals surface area (Å²) in [5.41, 5.74) is 1.71. The predicted octanol–water partition coefficient (Wildman–Crippen LogP) is 3.16. The number of hydrogen-bond acceptors (Lipinski definition) is 3. The zero-order valence-corrected chi connectivity index (χ0v) is 12.4. The summed E-state index contributed by atoms with van der Waals surface area (Å²) < 4.78 is 5.50. The zero-order chi connectivity index (χ0) is 15.1. The van der Waals surface area contributed by atoms with Gasteiger partial charge in [0.25, 0.3) is 0 Å². The van der Waals surface area contributed by atoms with E-state index in [-0.39, 0.29) is 12.5 Å². The molecule has 0 fully saturated rings. The summed E-state index contributed by atoms with van der Waals surface area (Å²) in [6, 6.07) is 17.3. The van der Waals surface area contributed by atoms with Crippen molar-refractivity contribution in [3.63, 3.8) is 0 Å². The largest absolute Gasteiger partial charge is 0.492 e. The topological polar surface area (TPSA) is 41.6 Å². The molecule has 1 N–H and O–H groups in total. The smallest absolute Gasteiger partial charge is 0.243 e. The molecule has 0 saturated carbocycles. The van der Waals surface area contributed by atoms with Gasteiger partial charge in [-0.25, -0.2) is 0 Å². The van der Waals surface area contributed by atoms with E-state index in [2.05, 4.69) is 5.32 Å². The van der Waals surface area contributed by atoms with Gasteiger partial charge < -0.3 is 15.0 Å². The lowest BCUT2D eigenvalue weighted by atomic mass is 10.2. The van der Waals surface area contributed by atoms with Crippen molar-refractivity contribution < 1.29 is 9.53 Å². The summed E-state index contributed by atoms with van der Waals surface area (Å²) in [4.78, 5) is 14.0. The van der Waals surface area contributed by atoms with Crippen LogP contribution in [0, 0.1) is 0 Å². The molecule has 2 rings (SSSR count). The van der Waals surface area contributed by atoms with Crippen molar-refractivity contribution in [2.24, 2.45) is 0 Å². The molecule has 0 aliphatic heterocycles. The van der Waals surface area contributed by atoms with Crippen LogP contribution in [0.4, 0.5) is 11.4 Å². The molecule has 0 radical (unpaired) electrons. The molecule has 0 heterocycles. The lowest BCUT2D eigenvalue weighted by Crippen LogP contribution is -2.30. The van der Waals surface area contributed by atoms with E-state index in [4.69, 9.17) is 4.74 Å². The minimum absolute atomic E-state index is 0.0755. The summed E-state index contributed by atoms with van der Waals surface area (Å²) in [5.74, 6) is 0.615. The lowest BCUT2D eigenvalue weighted by molar-refractivity contribution is -0.114. The lowest BCUT2D eigenvalue weighted by Gasteiger charge is -2.19. The Morgan fingerprint density at radius 3 is 2.48 bits per heavy atom. The van der Waals surface area contributed by atoms with E-state index in [0.717, 1.165) is 5.69 Å². The number of para-hydroxylation sites is 3. The molecule has 0 unspecified atom stereocenters. The van der Waals surface area contributed by atoms with Crippen LogP contribution in [-0.4, -0.2) is 26.1 Å². The van der Waals surface area contributed by atoms with Gasteiger partial charge in [-0.2, -0.15) is 0 Å². The maximum atomic E-state index is 12.1. The Balaban J connectivity index is 1.99. The molecule has 0 atom stereocenters. The Hall–Kier alpha value is -2.49. The van der Waals surface area contributed by atoms with Gasteiger partial charge in [-0.1, -0.05) is 30.3 Å². The average Bonchev–Trinajstić information content (AvgIpc) is 2.50. The number of likely N-dealkylation sites (N-methyl/N-ethyl adjacent to an activating group) is 1. The molecule has 2 aromatic rings. The number of carbonyl (C=O) groups excluding carboxylic acids is 1. The van der Waals surface area contributed by atoms with Crippen molar-refractivity contribution in [3.05, 3.63) is 54.6 Å². The molecule has 110 valence electrons. The van der Waals surface area contributed by atoms with Crippen LogP contribution < -0.4 is 15.0 Å². The first-order valence-electron chi connectivity index (χ1n) is 6.98. The molecule has 0 bridgehead atoms. The summed E-state index contributed by atoms with van der Waals surface area (Å²) in [5, 5.41) is 2.89. The summed E-state index contributed by atoms with van der Waals surface area (Å²) in [7, 11) is 1.89. The Morgan fingerprint density at radius 1 is 1.10 bits per heavy atom. The monoisotopic (exact) mass is 284 g/mol. The van der Waals surface area contributed by atoms with Crippen LogP contribution in [0.2, 0.25) is 0 Å². The van der Waals surface area contributed by atoms with E-state index in [0.29, 0.717) is 18.0 Å². The standard InChI is InChI=1S/C17H20N2O2/c1-3-21-16-12-8-7-11-15(16)18-17(20)13-19(2)14-9-5-4-6-10-14/h4-12H,3,13H2,1-2H3,(H,18,20). The maximum absolute atomic E-state index is 12.1. The van der Waals surface area contributed by atoms with Gasteiger partial charge in [0, 0.05) is 12.7 Å². The number of amides is 1. The Bertz CT molecular complexity index is 584. The first-order valence-corrected chi connectivity index (χ1v) is 6.98. The number of ether oxygens (including phenoxy) is 1. The van der Waals surface area contributed by atoms with Gasteiger partial charge in [0.1, 0.15) is 5.75 Å². The molecular weight excluding hydrogens is 264 g/mol. The molecule has 1 amide bonds. The fourth-order valence-electron chi connectivity index (χ4n) is 2.03. The Kier molecular flexibility index (Phi) is 5.21. The highest BCUT2D eigenvalue weighted by Gasteiger charge is 2.10. The number of carbonyl (C=O) groups is 1. The predicted molar refractivity (Wildman–Crippen MR) is 86.0 cm³/mol. The molecule has 0 saturated heterocycles. The van der Waals surface area contributed by atoms with E-state index in [1.54, 1.807) is 0 Å². The number of benzene rings is 2. The normalized spacial score (nSPS) is 10.0. The second-order valence-corrected chi connectivity index (χ2v) is 4.67. The highest BCUT2D eigenvalue weighted by Crippen LogP contribution is 2.23. The van der Waals surface area contributed by atoms with Crippen LogP contribution in [0.25, 0.3) is 0 Å². The van der Waals surface area contributed by atoms with Gasteiger partial charge in [-0.15, -0.1) is 0 Å². The fraction of sp³-hybridized carbons (Fsp3) is 0.235. The minimum atomic E-state index is -0.0755. The minimum Gasteiger partial charge on any atom is -0.492 e. The summed E-state index contributed by atoms with van der Waals surface area (Å²) in [6.45, 7) is 2.77. The third-order valence-corrected chi connectivity index (χ3v) is 3.04. The van der Waals surface area contributed by atoms with E-state index >= 15 is 0 Å². The van der Waals surface area contributed by atoms with Gasteiger partial charge in [0.2, 0.25) is 5.91 Å². The molecule has 0 aliphatic carbocycles. The van der Waals surface area contributed by atoms with E-state index in [9.17, 15) is 4.79 Å². The van der Waals surface area contributed by atoms with Crippen LogP contribution >= 0.6 is 0 Å². The van der Waals surface area contributed by atoms with Crippen molar-refractivity contribution in [1.82, 2.24) is 0 Å². The van der Waals surface area contributed by atoms with Crippen LogP contribution in [-0.2, 0) is 4.79 Å². The first kappa shape index (κ1) is 14.9. The molecule has 4 nitrogen and oxygen atoms in total. The molecular formula is C17H20N2O2. The van der Waals surface area contributed by atoms with Gasteiger partial charge in [-0.3, -0.25) is 4.79 Å². The van der Waals surface area contributed by atoms with Crippen molar-refractivity contribution in [2.75, 3.05) is 30.4 Å². The highest BCUT2D eigenvalue weighted by molar-refractivity contribution is 5.95. The van der Waals surface area contributed by atoms with E-state index in [1.807, 2.05) is 73.5 Å². The number of nitrogens with zero attached hydrogens (tertiary/aromatic N) is 1. The van der Waals surface area contributed by atoms with Crippen LogP contribution in [0.5, 0.6) is 5.75 Å².